The third kappa shape index (κ3) is 1.89. The molecule has 140 valence electrons. The molecule has 4 N–H and O–H groups in total. The Hall–Kier alpha value is -3.18. The van der Waals surface area contributed by atoms with Gasteiger partial charge in [0, 0.05) is 0 Å². The Labute approximate surface area is 146 Å². The first-order chi connectivity index (χ1) is 12.0. The van der Waals surface area contributed by atoms with Gasteiger partial charge in [-0.05, 0) is 13.8 Å². The Morgan fingerprint density at radius 2 is 1.15 bits per heavy atom. The third-order valence-corrected chi connectivity index (χ3v) is 5.75. The summed E-state index contributed by atoms with van der Waals surface area (Å²) in [5, 5.41) is 22.2. The molecular weight excluding hydrogens is 352 g/mol. The van der Waals surface area contributed by atoms with Crippen molar-refractivity contribution in [1.29, 1.82) is 0 Å². The van der Waals surface area contributed by atoms with Crippen LogP contribution in [0.2, 0.25) is 0 Å². The highest BCUT2D eigenvalue weighted by Gasteiger charge is 2.81. The Morgan fingerprint density at radius 1 is 0.846 bits per heavy atom. The number of carboxylic acids is 2. The van der Waals surface area contributed by atoms with Crippen LogP contribution in [0.5, 0.6) is 0 Å². The molecule has 0 aromatic carbocycles. The van der Waals surface area contributed by atoms with E-state index in [1.54, 1.807) is 0 Å². The number of rotatable bonds is 4. The van der Waals surface area contributed by atoms with Crippen LogP contribution in [0.25, 0.3) is 0 Å². The molecule has 0 spiro atoms. The van der Waals surface area contributed by atoms with E-state index in [4.69, 9.17) is 10.2 Å². The number of fused-ring (bicyclic) bond motifs is 4. The number of nitrogens with one attached hydrogen (secondary N) is 2. The summed E-state index contributed by atoms with van der Waals surface area (Å²) < 4.78 is 0. The van der Waals surface area contributed by atoms with Gasteiger partial charge in [0.25, 0.3) is 0 Å². The predicted octanol–water partition coefficient (Wildman–Crippen LogP) is -1.98. The molecule has 12 nitrogen and oxygen atoms in total. The maximum Gasteiger partial charge on any atom is 0.324 e. The molecule has 0 radical (unpaired) electrons. The van der Waals surface area contributed by atoms with E-state index in [-0.39, 0.29) is 0 Å². The second-order valence-electron chi connectivity index (χ2n) is 6.86. The van der Waals surface area contributed by atoms with Gasteiger partial charge in [-0.15, -0.1) is 0 Å². The van der Waals surface area contributed by atoms with Crippen LogP contribution in [-0.4, -0.2) is 81.0 Å². The SMILES string of the molecule is C[C@]12C(=O)NC(=O)N(CC(=O)O)C1C1N(CC(=O)O)C(=O)NC(=O)[C@@]12C. The fourth-order valence-electron chi connectivity index (χ4n) is 4.34. The zero-order valence-corrected chi connectivity index (χ0v) is 13.8. The first-order valence-electron chi connectivity index (χ1n) is 7.64. The van der Waals surface area contributed by atoms with Crippen molar-refractivity contribution in [1.82, 2.24) is 20.4 Å². The predicted molar refractivity (Wildman–Crippen MR) is 79.6 cm³/mol. The Balaban J connectivity index is 2.14. The number of hydrogen-bond acceptors (Lipinski definition) is 6. The van der Waals surface area contributed by atoms with Crippen molar-refractivity contribution in [3.05, 3.63) is 0 Å². The Morgan fingerprint density at radius 3 is 1.42 bits per heavy atom. The molecule has 6 amide bonds. The summed E-state index contributed by atoms with van der Waals surface area (Å²) >= 11 is 0. The van der Waals surface area contributed by atoms with Crippen LogP contribution in [0.15, 0.2) is 0 Å². The summed E-state index contributed by atoms with van der Waals surface area (Å²) in [6.45, 7) is 1.23. The second-order valence-corrected chi connectivity index (χ2v) is 6.86. The molecule has 4 atom stereocenters. The van der Waals surface area contributed by atoms with Crippen molar-refractivity contribution in [2.45, 2.75) is 25.9 Å². The van der Waals surface area contributed by atoms with E-state index in [0.29, 0.717) is 0 Å². The quantitative estimate of drug-likeness (QED) is 0.442. The van der Waals surface area contributed by atoms with Crippen molar-refractivity contribution >= 4 is 35.8 Å². The van der Waals surface area contributed by atoms with Crippen LogP contribution >= 0.6 is 0 Å². The number of nitrogens with zero attached hydrogens (tertiary/aromatic N) is 2. The number of urea groups is 2. The van der Waals surface area contributed by atoms with Crippen molar-refractivity contribution < 1.29 is 39.0 Å². The number of carbonyl (C=O) groups excluding carboxylic acids is 4. The number of amides is 6. The van der Waals surface area contributed by atoms with Crippen LogP contribution in [0.3, 0.4) is 0 Å². The minimum Gasteiger partial charge on any atom is -0.480 e. The standard InChI is InChI=1S/C14H16N4O8/c1-13-7(17(3-5(19)20)11(25)15-9(13)23)8-14(13,2)10(24)16-12(26)18(8)4-6(21)22/h7-8H,3-4H2,1-2H3,(H,19,20)(H,21,22)(H,15,23,25)(H,16,24,26)/t7?,8?,13-,14-/m1/s1. The van der Waals surface area contributed by atoms with Gasteiger partial charge in [-0.2, -0.15) is 0 Å². The van der Waals surface area contributed by atoms with Gasteiger partial charge in [0.15, 0.2) is 0 Å². The average Bonchev–Trinajstić information content (AvgIpc) is 2.51. The minimum atomic E-state index is -1.54. The lowest BCUT2D eigenvalue weighted by molar-refractivity contribution is -0.214. The van der Waals surface area contributed by atoms with E-state index < -0.39 is 71.8 Å². The maximum atomic E-state index is 12.5. The smallest absolute Gasteiger partial charge is 0.324 e. The molecule has 2 saturated heterocycles. The summed E-state index contributed by atoms with van der Waals surface area (Å²) in [6.07, 6.45) is 0. The lowest BCUT2D eigenvalue weighted by Crippen LogP contribution is -2.91. The van der Waals surface area contributed by atoms with Gasteiger partial charge >= 0.3 is 24.0 Å². The van der Waals surface area contributed by atoms with Gasteiger partial charge < -0.3 is 20.0 Å². The molecule has 2 aliphatic heterocycles. The van der Waals surface area contributed by atoms with E-state index >= 15 is 0 Å². The van der Waals surface area contributed by atoms with Crippen LogP contribution in [0.1, 0.15) is 13.8 Å². The van der Waals surface area contributed by atoms with Crippen LogP contribution < -0.4 is 10.6 Å². The summed E-state index contributed by atoms with van der Waals surface area (Å²) in [7, 11) is 0. The van der Waals surface area contributed by atoms with E-state index in [0.717, 1.165) is 9.80 Å². The van der Waals surface area contributed by atoms with E-state index in [1.807, 2.05) is 10.6 Å². The zero-order chi connectivity index (χ0) is 19.6. The van der Waals surface area contributed by atoms with Gasteiger partial charge in [-0.25, -0.2) is 9.59 Å². The average molecular weight is 368 g/mol. The molecule has 26 heavy (non-hydrogen) atoms. The summed E-state index contributed by atoms with van der Waals surface area (Å²) in [6, 6.07) is -4.26. The highest BCUT2D eigenvalue weighted by molar-refractivity contribution is 6.11. The van der Waals surface area contributed by atoms with Crippen LogP contribution in [0.4, 0.5) is 9.59 Å². The van der Waals surface area contributed by atoms with Gasteiger partial charge in [-0.1, -0.05) is 0 Å². The van der Waals surface area contributed by atoms with Gasteiger partial charge in [-0.3, -0.25) is 29.8 Å². The number of imide groups is 2. The molecule has 0 aromatic heterocycles. The molecule has 2 unspecified atom stereocenters. The first kappa shape index (κ1) is 17.6. The van der Waals surface area contributed by atoms with Crippen molar-refractivity contribution in [3.8, 4) is 0 Å². The van der Waals surface area contributed by atoms with Crippen molar-refractivity contribution in [2.75, 3.05) is 13.1 Å². The molecule has 3 rings (SSSR count). The number of carboxylic acid groups (broad SMARTS) is 2. The highest BCUT2D eigenvalue weighted by atomic mass is 16.4. The Kier molecular flexibility index (Phi) is 3.50. The lowest BCUT2D eigenvalue weighted by Gasteiger charge is -2.70. The highest BCUT2D eigenvalue weighted by Crippen LogP contribution is 2.62. The second kappa shape index (κ2) is 5.16. The molecule has 0 bridgehead atoms. The minimum absolute atomic E-state index is 0.775. The van der Waals surface area contributed by atoms with Gasteiger partial charge in [0.05, 0.1) is 22.9 Å². The fraction of sp³-hybridized carbons (Fsp3) is 0.571. The molecule has 12 heteroatoms. The van der Waals surface area contributed by atoms with Crippen LogP contribution in [0, 0.1) is 10.8 Å². The fourth-order valence-corrected chi connectivity index (χ4v) is 4.34. The molecule has 3 aliphatic rings. The molecule has 3 fully saturated rings. The largest absolute Gasteiger partial charge is 0.480 e. The van der Waals surface area contributed by atoms with Crippen LogP contribution in [-0.2, 0) is 19.2 Å². The first-order valence-corrected chi connectivity index (χ1v) is 7.64. The lowest BCUT2D eigenvalue weighted by atomic mass is 9.42. The summed E-state index contributed by atoms with van der Waals surface area (Å²) in [5.74, 6) is -4.29. The summed E-state index contributed by atoms with van der Waals surface area (Å²) in [5.41, 5.74) is -3.08. The maximum absolute atomic E-state index is 12.5. The molecule has 1 aliphatic carbocycles. The van der Waals surface area contributed by atoms with E-state index in [1.165, 1.54) is 13.8 Å². The van der Waals surface area contributed by atoms with Gasteiger partial charge in [0.1, 0.15) is 13.1 Å². The topological polar surface area (TPSA) is 173 Å². The zero-order valence-electron chi connectivity index (χ0n) is 13.8. The normalized spacial score (nSPS) is 35.8. The molecule has 1 saturated carbocycles. The van der Waals surface area contributed by atoms with E-state index in [9.17, 15) is 28.8 Å². The molecule has 0 aromatic rings. The third-order valence-electron chi connectivity index (χ3n) is 5.75. The van der Waals surface area contributed by atoms with Gasteiger partial charge in [0.2, 0.25) is 11.8 Å². The molecule has 2 heterocycles. The summed E-state index contributed by atoms with van der Waals surface area (Å²) in [4.78, 5) is 73.3. The Bertz CT molecular complexity index is 717. The molecular formula is C14H16N4O8. The monoisotopic (exact) mass is 368 g/mol. The number of hydrogen-bond donors (Lipinski definition) is 4. The van der Waals surface area contributed by atoms with Crippen molar-refractivity contribution in [3.63, 3.8) is 0 Å². The number of aliphatic carboxylic acids is 2. The van der Waals surface area contributed by atoms with Crippen molar-refractivity contribution in [2.24, 2.45) is 10.8 Å². The number of carbonyl (C=O) groups is 6. The van der Waals surface area contributed by atoms with E-state index in [2.05, 4.69) is 0 Å².